The van der Waals surface area contributed by atoms with Gasteiger partial charge in [0.05, 0.1) is 24.7 Å². The van der Waals surface area contributed by atoms with Crippen LogP contribution in [0.25, 0.3) is 0 Å². The third kappa shape index (κ3) is 4.53. The lowest BCUT2D eigenvalue weighted by Crippen LogP contribution is -2.55. The smallest absolute Gasteiger partial charge is 0.329 e. The van der Waals surface area contributed by atoms with Crippen LogP contribution >= 0.6 is 0 Å². The fourth-order valence-corrected chi connectivity index (χ4v) is 5.29. The van der Waals surface area contributed by atoms with Crippen LogP contribution in [0.15, 0.2) is 17.0 Å². The van der Waals surface area contributed by atoms with E-state index in [0.717, 1.165) is 0 Å². The van der Waals surface area contributed by atoms with Gasteiger partial charge in [-0.2, -0.15) is 4.31 Å². The van der Waals surface area contributed by atoms with Crippen LogP contribution in [0.3, 0.4) is 0 Å². The molecule has 8 nitrogen and oxygen atoms in total. The van der Waals surface area contributed by atoms with Gasteiger partial charge in [0.15, 0.2) is 0 Å². The van der Waals surface area contributed by atoms with Gasteiger partial charge in [0.2, 0.25) is 10.0 Å². The topological polar surface area (TPSA) is 96.4 Å². The number of aryl methyl sites for hydroxylation is 2. The van der Waals surface area contributed by atoms with Crippen molar-refractivity contribution in [1.82, 2.24) is 9.21 Å². The Morgan fingerprint density at radius 3 is 2.42 bits per heavy atom. The van der Waals surface area contributed by atoms with Gasteiger partial charge in [0.1, 0.15) is 12.4 Å². The number of rotatable bonds is 7. The molecule has 0 aliphatic carbocycles. The first-order valence-electron chi connectivity index (χ1n) is 8.32. The van der Waals surface area contributed by atoms with E-state index < -0.39 is 28.6 Å². The maximum absolute atomic E-state index is 13.3. The summed E-state index contributed by atoms with van der Waals surface area (Å²) in [5, 5.41) is 8.74. The standard InChI is InChI=1S/C17H26N2O6S/c1-12-7-15(24-4)8-13(2)17(12)26(22,23)19-6-5-18(3)9-14(19)10-25-11-16(20)21/h7-8,14H,5-6,9-11H2,1-4H3,(H,20,21). The quantitative estimate of drug-likeness (QED) is 0.737. The molecule has 1 heterocycles. The molecule has 0 saturated carbocycles. The fourth-order valence-electron chi connectivity index (χ4n) is 3.28. The number of carboxylic acids is 1. The second-order valence-corrected chi connectivity index (χ2v) is 8.36. The van der Waals surface area contributed by atoms with Crippen molar-refractivity contribution in [1.29, 1.82) is 0 Å². The van der Waals surface area contributed by atoms with Gasteiger partial charge in [-0.05, 0) is 44.2 Å². The molecule has 2 rings (SSSR count). The summed E-state index contributed by atoms with van der Waals surface area (Å²) in [7, 11) is -0.307. The van der Waals surface area contributed by atoms with Gasteiger partial charge in [-0.15, -0.1) is 0 Å². The van der Waals surface area contributed by atoms with Gasteiger partial charge in [-0.3, -0.25) is 0 Å². The number of benzene rings is 1. The Hall–Kier alpha value is -1.68. The molecule has 0 aromatic heterocycles. The molecule has 0 radical (unpaired) electrons. The maximum Gasteiger partial charge on any atom is 0.329 e. The predicted molar refractivity (Wildman–Crippen MR) is 96.1 cm³/mol. The highest BCUT2D eigenvalue weighted by atomic mass is 32.2. The minimum absolute atomic E-state index is 0.0319. The van der Waals surface area contributed by atoms with Crippen molar-refractivity contribution in [3.63, 3.8) is 0 Å². The summed E-state index contributed by atoms with van der Waals surface area (Å²) in [5.41, 5.74) is 1.23. The van der Waals surface area contributed by atoms with E-state index in [1.807, 2.05) is 11.9 Å². The minimum Gasteiger partial charge on any atom is -0.497 e. The molecule has 1 atom stereocenters. The minimum atomic E-state index is -3.75. The molecule has 9 heteroatoms. The molecular formula is C17H26N2O6S. The van der Waals surface area contributed by atoms with Crippen LogP contribution in [-0.2, 0) is 19.6 Å². The van der Waals surface area contributed by atoms with E-state index in [2.05, 4.69) is 0 Å². The number of nitrogens with zero attached hydrogens (tertiary/aromatic N) is 2. The highest BCUT2D eigenvalue weighted by Gasteiger charge is 2.37. The number of likely N-dealkylation sites (N-methyl/N-ethyl adjacent to an activating group) is 1. The number of ether oxygens (including phenoxy) is 2. The average Bonchev–Trinajstić information content (AvgIpc) is 2.53. The van der Waals surface area contributed by atoms with Gasteiger partial charge in [0, 0.05) is 19.6 Å². The normalized spacial score (nSPS) is 19.5. The van der Waals surface area contributed by atoms with Gasteiger partial charge in [-0.25, -0.2) is 13.2 Å². The number of aliphatic carboxylic acids is 1. The van der Waals surface area contributed by atoms with E-state index >= 15 is 0 Å². The largest absolute Gasteiger partial charge is 0.497 e. The maximum atomic E-state index is 13.3. The molecular weight excluding hydrogens is 360 g/mol. The van der Waals surface area contributed by atoms with Crippen molar-refractivity contribution in [3.05, 3.63) is 23.3 Å². The zero-order valence-corrected chi connectivity index (χ0v) is 16.4. The molecule has 0 bridgehead atoms. The van der Waals surface area contributed by atoms with E-state index in [0.29, 0.717) is 36.5 Å². The number of methoxy groups -OCH3 is 1. The molecule has 1 aromatic carbocycles. The highest BCUT2D eigenvalue weighted by molar-refractivity contribution is 7.89. The number of sulfonamides is 1. The fraction of sp³-hybridized carbons (Fsp3) is 0.588. The second kappa shape index (κ2) is 8.34. The van der Waals surface area contributed by atoms with E-state index in [4.69, 9.17) is 14.6 Å². The lowest BCUT2D eigenvalue weighted by Gasteiger charge is -2.39. The molecule has 1 aliphatic heterocycles. The van der Waals surface area contributed by atoms with Crippen LogP contribution in [-0.4, -0.2) is 81.7 Å². The zero-order valence-electron chi connectivity index (χ0n) is 15.6. The van der Waals surface area contributed by atoms with Crippen molar-refractivity contribution in [2.75, 3.05) is 47.0 Å². The number of hydrogen-bond acceptors (Lipinski definition) is 6. The van der Waals surface area contributed by atoms with Crippen LogP contribution in [0, 0.1) is 13.8 Å². The summed E-state index contributed by atoms with van der Waals surface area (Å²) in [5.74, 6) is -0.468. The lowest BCUT2D eigenvalue weighted by atomic mass is 10.1. The van der Waals surface area contributed by atoms with E-state index in [1.54, 1.807) is 33.1 Å². The molecule has 0 spiro atoms. The lowest BCUT2D eigenvalue weighted by molar-refractivity contribution is -0.142. The number of hydrogen-bond donors (Lipinski definition) is 1. The Balaban J connectivity index is 2.34. The summed E-state index contributed by atoms with van der Waals surface area (Å²) in [6.45, 7) is 4.47. The first-order valence-corrected chi connectivity index (χ1v) is 9.76. The molecule has 1 aromatic rings. The Kier molecular flexibility index (Phi) is 6.62. The van der Waals surface area contributed by atoms with Crippen molar-refractivity contribution in [2.45, 2.75) is 24.8 Å². The molecule has 146 valence electrons. The summed E-state index contributed by atoms with van der Waals surface area (Å²) in [4.78, 5) is 13.0. The monoisotopic (exact) mass is 386 g/mol. The SMILES string of the molecule is COc1cc(C)c(S(=O)(=O)N2CCN(C)CC2COCC(=O)O)c(C)c1. The van der Waals surface area contributed by atoms with Crippen LogP contribution in [0.2, 0.25) is 0 Å². The number of carboxylic acid groups (broad SMARTS) is 1. The second-order valence-electron chi connectivity index (χ2n) is 6.53. The average molecular weight is 386 g/mol. The Bertz CT molecular complexity index is 742. The molecule has 1 N–H and O–H groups in total. The van der Waals surface area contributed by atoms with Gasteiger partial charge in [-0.1, -0.05) is 0 Å². The van der Waals surface area contributed by atoms with Crippen LogP contribution < -0.4 is 4.74 Å². The molecule has 0 amide bonds. The Morgan fingerprint density at radius 2 is 1.88 bits per heavy atom. The van der Waals surface area contributed by atoms with Crippen molar-refractivity contribution >= 4 is 16.0 Å². The van der Waals surface area contributed by atoms with Gasteiger partial charge < -0.3 is 19.5 Å². The summed E-state index contributed by atoms with van der Waals surface area (Å²) in [6, 6.07) is 2.96. The van der Waals surface area contributed by atoms with E-state index in [-0.39, 0.29) is 11.5 Å². The van der Waals surface area contributed by atoms with Crippen molar-refractivity contribution in [3.8, 4) is 5.75 Å². The molecule has 1 unspecified atom stereocenters. The van der Waals surface area contributed by atoms with Crippen molar-refractivity contribution < 1.29 is 27.8 Å². The highest BCUT2D eigenvalue weighted by Crippen LogP contribution is 2.30. The zero-order chi connectivity index (χ0) is 19.5. The molecule has 1 fully saturated rings. The van der Waals surface area contributed by atoms with Crippen molar-refractivity contribution in [2.24, 2.45) is 0 Å². The van der Waals surface area contributed by atoms with Crippen LogP contribution in [0.5, 0.6) is 5.75 Å². The Morgan fingerprint density at radius 1 is 1.27 bits per heavy atom. The number of carbonyl (C=O) groups is 1. The Labute approximate surface area is 154 Å². The molecule has 26 heavy (non-hydrogen) atoms. The molecule has 1 saturated heterocycles. The summed E-state index contributed by atoms with van der Waals surface area (Å²) >= 11 is 0. The van der Waals surface area contributed by atoms with Gasteiger partial charge >= 0.3 is 5.97 Å². The predicted octanol–water partition coefficient (Wildman–Crippen LogP) is 0.718. The summed E-state index contributed by atoms with van der Waals surface area (Å²) in [6.07, 6.45) is 0. The first kappa shape index (κ1) is 20.6. The first-order chi connectivity index (χ1) is 12.2. The van der Waals surface area contributed by atoms with Crippen LogP contribution in [0.1, 0.15) is 11.1 Å². The van der Waals surface area contributed by atoms with E-state index in [1.165, 1.54) is 4.31 Å². The third-order valence-electron chi connectivity index (χ3n) is 4.40. The van der Waals surface area contributed by atoms with E-state index in [9.17, 15) is 13.2 Å². The summed E-state index contributed by atoms with van der Waals surface area (Å²) < 4.78 is 38.5. The third-order valence-corrected chi connectivity index (χ3v) is 6.66. The van der Waals surface area contributed by atoms with Crippen LogP contribution in [0.4, 0.5) is 0 Å². The number of piperazine rings is 1. The van der Waals surface area contributed by atoms with Gasteiger partial charge in [0.25, 0.3) is 0 Å². The molecule has 1 aliphatic rings.